The predicted octanol–water partition coefficient (Wildman–Crippen LogP) is 4.74. The molecule has 0 radical (unpaired) electrons. The number of benzene rings is 2. The number of nitrogens with one attached hydrogen (secondary N) is 1. The topological polar surface area (TPSA) is 70.8 Å². The third kappa shape index (κ3) is 3.89. The van der Waals surface area contributed by atoms with Crippen molar-refractivity contribution in [3.05, 3.63) is 52.6 Å². The Bertz CT molecular complexity index is 1080. The van der Waals surface area contributed by atoms with E-state index in [-0.39, 0.29) is 6.10 Å². The Kier molecular flexibility index (Phi) is 5.61. The molecule has 1 N–H and O–H groups in total. The molecule has 0 saturated heterocycles. The van der Waals surface area contributed by atoms with E-state index in [0.29, 0.717) is 11.3 Å². The molecule has 0 aliphatic carbocycles. The molecule has 2 heterocycles. The Hall–Kier alpha value is -2.75. The Morgan fingerprint density at radius 1 is 1.21 bits per heavy atom. The van der Waals surface area contributed by atoms with Gasteiger partial charge in [0, 0.05) is 17.7 Å². The summed E-state index contributed by atoms with van der Waals surface area (Å²) in [5, 5.41) is 23.6. The molecule has 1 aliphatic rings. The van der Waals surface area contributed by atoms with Gasteiger partial charge in [-0.15, -0.1) is 10.2 Å². The zero-order valence-corrected chi connectivity index (χ0v) is 17.8. The lowest BCUT2D eigenvalue weighted by molar-refractivity contribution is 0.242. The van der Waals surface area contributed by atoms with Gasteiger partial charge in [0.2, 0.25) is 0 Å². The van der Waals surface area contributed by atoms with Crippen LogP contribution in [0.1, 0.15) is 43.0 Å². The van der Waals surface area contributed by atoms with Crippen LogP contribution in [-0.4, -0.2) is 22.8 Å². The van der Waals surface area contributed by atoms with Crippen LogP contribution < -0.4 is 10.1 Å². The molecule has 2 aromatic carbocycles. The van der Waals surface area contributed by atoms with Crippen molar-refractivity contribution in [2.24, 2.45) is 0 Å². The summed E-state index contributed by atoms with van der Waals surface area (Å²) < 4.78 is 5.72. The van der Waals surface area contributed by atoms with E-state index in [4.69, 9.17) is 4.74 Å². The molecule has 3 aromatic rings. The van der Waals surface area contributed by atoms with Gasteiger partial charge in [0.15, 0.2) is 0 Å². The second-order valence-corrected chi connectivity index (χ2v) is 8.39. The Labute approximate surface area is 175 Å². The fourth-order valence-electron chi connectivity index (χ4n) is 3.82. The van der Waals surface area contributed by atoms with Crippen LogP contribution in [0.15, 0.2) is 30.3 Å². The van der Waals surface area contributed by atoms with Crippen molar-refractivity contribution in [1.29, 1.82) is 5.26 Å². The summed E-state index contributed by atoms with van der Waals surface area (Å²) in [7, 11) is 0. The van der Waals surface area contributed by atoms with Gasteiger partial charge in [-0.2, -0.15) is 5.26 Å². The van der Waals surface area contributed by atoms with Crippen molar-refractivity contribution in [3.8, 4) is 33.0 Å². The summed E-state index contributed by atoms with van der Waals surface area (Å²) >= 11 is 1.57. The first-order chi connectivity index (χ1) is 14.1. The molecule has 0 spiro atoms. The van der Waals surface area contributed by atoms with Gasteiger partial charge < -0.3 is 10.1 Å². The van der Waals surface area contributed by atoms with Crippen LogP contribution in [0, 0.1) is 11.3 Å². The van der Waals surface area contributed by atoms with E-state index in [2.05, 4.69) is 40.6 Å². The first-order valence-electron chi connectivity index (χ1n) is 10.00. The highest BCUT2D eigenvalue weighted by atomic mass is 32.1. The highest BCUT2D eigenvalue weighted by Gasteiger charge is 2.19. The number of nitrogens with zero attached hydrogens (tertiary/aromatic N) is 3. The maximum atomic E-state index is 9.50. The van der Waals surface area contributed by atoms with Crippen LogP contribution in [0.4, 0.5) is 0 Å². The summed E-state index contributed by atoms with van der Waals surface area (Å²) in [6, 6.07) is 12.2. The molecule has 6 heteroatoms. The summed E-state index contributed by atoms with van der Waals surface area (Å²) in [4.78, 5) is 0. The fourth-order valence-corrected chi connectivity index (χ4v) is 4.71. The maximum Gasteiger partial charge on any atom is 0.148 e. The lowest BCUT2D eigenvalue weighted by Crippen LogP contribution is -2.24. The molecule has 0 amide bonds. The minimum atomic E-state index is 0.0211. The first kappa shape index (κ1) is 19.6. The van der Waals surface area contributed by atoms with E-state index in [1.807, 2.05) is 32.0 Å². The number of ether oxygens (including phenoxy) is 1. The average molecular weight is 405 g/mol. The van der Waals surface area contributed by atoms with Crippen molar-refractivity contribution >= 4 is 11.3 Å². The van der Waals surface area contributed by atoms with Crippen LogP contribution in [0.2, 0.25) is 0 Å². The monoisotopic (exact) mass is 404 g/mol. The highest BCUT2D eigenvalue weighted by molar-refractivity contribution is 7.17. The van der Waals surface area contributed by atoms with Gasteiger partial charge in [0.1, 0.15) is 21.8 Å². The van der Waals surface area contributed by atoms with E-state index in [0.717, 1.165) is 41.5 Å². The fraction of sp³-hybridized carbons (Fsp3) is 0.348. The van der Waals surface area contributed by atoms with Crippen LogP contribution in [0.3, 0.4) is 0 Å². The van der Waals surface area contributed by atoms with Gasteiger partial charge >= 0.3 is 0 Å². The van der Waals surface area contributed by atoms with E-state index in [9.17, 15) is 5.26 Å². The Balaban J connectivity index is 1.70. The zero-order valence-electron chi connectivity index (χ0n) is 17.0. The molecule has 0 bridgehead atoms. The molecule has 5 nitrogen and oxygen atoms in total. The van der Waals surface area contributed by atoms with Crippen LogP contribution >= 0.6 is 11.3 Å². The third-order valence-corrected chi connectivity index (χ3v) is 6.12. The summed E-state index contributed by atoms with van der Waals surface area (Å²) in [6.45, 7) is 8.06. The predicted molar refractivity (Wildman–Crippen MR) is 116 cm³/mol. The smallest absolute Gasteiger partial charge is 0.148 e. The van der Waals surface area contributed by atoms with E-state index in [1.54, 1.807) is 11.3 Å². The molecule has 0 atom stereocenters. The maximum absolute atomic E-state index is 9.50. The molecule has 0 saturated carbocycles. The Morgan fingerprint density at radius 3 is 2.79 bits per heavy atom. The molecule has 0 fully saturated rings. The SMILES string of the molecule is CCc1c(-c2nnc(-c3ccc(OC(C)C)c(C#N)c3)s2)ccc2c1CCNC2. The summed E-state index contributed by atoms with van der Waals surface area (Å²) in [5.74, 6) is 0.604. The molecular weight excluding hydrogens is 380 g/mol. The average Bonchev–Trinajstić information content (AvgIpc) is 3.22. The van der Waals surface area contributed by atoms with Gasteiger partial charge in [-0.3, -0.25) is 0 Å². The standard InChI is InChI=1S/C23H24N4OS/c1-4-18-19-9-10-25-13-16(19)5-7-20(18)23-27-26-22(29-23)15-6-8-21(28-14(2)3)17(11-15)12-24/h5-8,11,14,25H,4,9-10,13H2,1-3H3. The number of aromatic nitrogens is 2. The van der Waals surface area contributed by atoms with Gasteiger partial charge in [-0.05, 0) is 68.1 Å². The second-order valence-electron chi connectivity index (χ2n) is 7.41. The van der Waals surface area contributed by atoms with Gasteiger partial charge in [-0.1, -0.05) is 30.4 Å². The van der Waals surface area contributed by atoms with Crippen LogP contribution in [0.5, 0.6) is 5.75 Å². The minimum Gasteiger partial charge on any atom is -0.490 e. The highest BCUT2D eigenvalue weighted by Crippen LogP contribution is 2.36. The lowest BCUT2D eigenvalue weighted by Gasteiger charge is -2.21. The lowest BCUT2D eigenvalue weighted by atomic mass is 9.90. The van der Waals surface area contributed by atoms with Crippen molar-refractivity contribution in [1.82, 2.24) is 15.5 Å². The molecule has 1 aromatic heterocycles. The summed E-state index contributed by atoms with van der Waals surface area (Å²) in [6.07, 6.45) is 2.06. The van der Waals surface area contributed by atoms with Gasteiger partial charge in [0.05, 0.1) is 11.7 Å². The molecule has 1 aliphatic heterocycles. The second kappa shape index (κ2) is 8.32. The molecule has 0 unspecified atom stereocenters. The molecule has 29 heavy (non-hydrogen) atoms. The van der Waals surface area contributed by atoms with Gasteiger partial charge in [-0.25, -0.2) is 0 Å². The van der Waals surface area contributed by atoms with Gasteiger partial charge in [0.25, 0.3) is 0 Å². The largest absolute Gasteiger partial charge is 0.490 e. The quantitative estimate of drug-likeness (QED) is 0.665. The third-order valence-electron chi connectivity index (χ3n) is 5.11. The number of nitriles is 1. The molecule has 148 valence electrons. The number of fused-ring (bicyclic) bond motifs is 1. The number of rotatable bonds is 5. The zero-order chi connectivity index (χ0) is 20.4. The number of hydrogen-bond acceptors (Lipinski definition) is 6. The first-order valence-corrected chi connectivity index (χ1v) is 10.8. The van der Waals surface area contributed by atoms with Crippen molar-refractivity contribution in [2.75, 3.05) is 6.54 Å². The van der Waals surface area contributed by atoms with Crippen molar-refractivity contribution < 1.29 is 4.74 Å². The van der Waals surface area contributed by atoms with E-state index in [1.165, 1.54) is 22.3 Å². The van der Waals surface area contributed by atoms with Crippen molar-refractivity contribution in [3.63, 3.8) is 0 Å². The Morgan fingerprint density at radius 2 is 2.03 bits per heavy atom. The van der Waals surface area contributed by atoms with Crippen LogP contribution in [-0.2, 0) is 19.4 Å². The van der Waals surface area contributed by atoms with Crippen LogP contribution in [0.25, 0.3) is 21.1 Å². The molecule has 4 rings (SSSR count). The summed E-state index contributed by atoms with van der Waals surface area (Å²) in [5.41, 5.74) is 6.82. The minimum absolute atomic E-state index is 0.0211. The number of hydrogen-bond donors (Lipinski definition) is 1. The normalized spacial score (nSPS) is 13.2. The van der Waals surface area contributed by atoms with E-state index >= 15 is 0 Å². The molecular formula is C23H24N4OS. The van der Waals surface area contributed by atoms with E-state index < -0.39 is 0 Å². The van der Waals surface area contributed by atoms with Crippen molar-refractivity contribution in [2.45, 2.75) is 46.3 Å².